The molecule has 1 saturated carbocycles. The molecule has 0 spiro atoms. The molecule has 0 aromatic carbocycles. The highest BCUT2D eigenvalue weighted by atomic mass is 16.5. The molecule has 2 unspecified atom stereocenters. The summed E-state index contributed by atoms with van der Waals surface area (Å²) in [6.45, 7) is 2.29. The van der Waals surface area contributed by atoms with Crippen molar-refractivity contribution in [3.8, 4) is 0 Å². The van der Waals surface area contributed by atoms with Gasteiger partial charge >= 0.3 is 0 Å². The molecule has 2 atom stereocenters. The zero-order valence-corrected chi connectivity index (χ0v) is 11.5. The lowest BCUT2D eigenvalue weighted by atomic mass is 10.3. The molecule has 6 heteroatoms. The molecule has 1 aliphatic heterocycles. The molecule has 106 valence electrons. The monoisotopic (exact) mass is 267 g/mol. The van der Waals surface area contributed by atoms with Crippen molar-refractivity contribution < 1.29 is 13.9 Å². The van der Waals surface area contributed by atoms with Crippen LogP contribution in [0.5, 0.6) is 0 Å². The quantitative estimate of drug-likeness (QED) is 0.822. The maximum absolute atomic E-state index is 5.55. The molecular weight excluding hydrogens is 246 g/mol. The minimum Gasteiger partial charge on any atom is -0.432 e. The van der Waals surface area contributed by atoms with Crippen molar-refractivity contribution in [1.82, 2.24) is 10.3 Å². The summed E-state index contributed by atoms with van der Waals surface area (Å²) in [6, 6.07) is 1.34. The van der Waals surface area contributed by atoms with Gasteiger partial charge in [0.1, 0.15) is 18.5 Å². The fourth-order valence-electron chi connectivity index (χ4n) is 2.41. The lowest BCUT2D eigenvalue weighted by molar-refractivity contribution is -0.00461. The molecule has 1 N–H and O–H groups in total. The van der Waals surface area contributed by atoms with E-state index in [1.807, 2.05) is 0 Å². The molecule has 2 fully saturated rings. The first-order valence-corrected chi connectivity index (χ1v) is 6.78. The van der Waals surface area contributed by atoms with Crippen LogP contribution in [0.4, 0.5) is 6.01 Å². The number of methoxy groups -OCH3 is 2. The Morgan fingerprint density at radius 2 is 2.00 bits per heavy atom. The van der Waals surface area contributed by atoms with Gasteiger partial charge in [0.05, 0.1) is 18.8 Å². The van der Waals surface area contributed by atoms with Crippen molar-refractivity contribution in [3.63, 3.8) is 0 Å². The van der Waals surface area contributed by atoms with E-state index in [-0.39, 0.29) is 12.2 Å². The zero-order valence-electron chi connectivity index (χ0n) is 11.5. The number of aromatic nitrogens is 1. The first-order valence-electron chi connectivity index (χ1n) is 6.78. The molecule has 2 aliphatic rings. The highest BCUT2D eigenvalue weighted by Crippen LogP contribution is 2.23. The van der Waals surface area contributed by atoms with Crippen molar-refractivity contribution in [2.24, 2.45) is 0 Å². The smallest absolute Gasteiger partial charge is 0.297 e. The minimum absolute atomic E-state index is 0.0740. The second kappa shape index (κ2) is 5.48. The molecule has 19 heavy (non-hydrogen) atoms. The third-order valence-electron chi connectivity index (χ3n) is 3.78. The van der Waals surface area contributed by atoms with Crippen LogP contribution in [0.1, 0.15) is 18.5 Å². The number of hydrogen-bond donors (Lipinski definition) is 1. The number of anilines is 1. The van der Waals surface area contributed by atoms with E-state index >= 15 is 0 Å². The van der Waals surface area contributed by atoms with Crippen LogP contribution < -0.4 is 10.2 Å². The molecule has 1 aromatic heterocycles. The van der Waals surface area contributed by atoms with Gasteiger partial charge in [-0.05, 0) is 12.8 Å². The zero-order chi connectivity index (χ0) is 13.2. The van der Waals surface area contributed by atoms with Crippen molar-refractivity contribution in [1.29, 1.82) is 0 Å². The van der Waals surface area contributed by atoms with Crippen molar-refractivity contribution in [3.05, 3.63) is 12.0 Å². The van der Waals surface area contributed by atoms with Crippen LogP contribution in [0, 0.1) is 0 Å². The van der Waals surface area contributed by atoms with Gasteiger partial charge in [0.2, 0.25) is 0 Å². The summed E-state index contributed by atoms with van der Waals surface area (Å²) in [6.07, 6.45) is 4.44. The third-order valence-corrected chi connectivity index (χ3v) is 3.78. The van der Waals surface area contributed by atoms with Crippen LogP contribution in [-0.2, 0) is 16.0 Å². The van der Waals surface area contributed by atoms with Crippen LogP contribution in [0.2, 0.25) is 0 Å². The Kier molecular flexibility index (Phi) is 3.72. The van der Waals surface area contributed by atoms with E-state index in [2.05, 4.69) is 15.2 Å². The Morgan fingerprint density at radius 1 is 1.32 bits per heavy atom. The normalized spacial score (nSPS) is 27.2. The van der Waals surface area contributed by atoms with E-state index in [4.69, 9.17) is 13.9 Å². The topological polar surface area (TPSA) is 59.8 Å². The molecular formula is C13H21N3O3. The average molecular weight is 267 g/mol. The van der Waals surface area contributed by atoms with E-state index in [0.29, 0.717) is 12.1 Å². The summed E-state index contributed by atoms with van der Waals surface area (Å²) in [5, 5.41) is 3.43. The number of oxazole rings is 1. The first-order chi connectivity index (χ1) is 9.30. The van der Waals surface area contributed by atoms with Gasteiger partial charge in [-0.2, -0.15) is 4.98 Å². The van der Waals surface area contributed by atoms with Crippen LogP contribution in [0.3, 0.4) is 0 Å². The predicted octanol–water partition coefficient (Wildman–Crippen LogP) is 0.777. The third kappa shape index (κ3) is 2.91. The Labute approximate surface area is 113 Å². The fraction of sp³-hybridized carbons (Fsp3) is 0.769. The van der Waals surface area contributed by atoms with Gasteiger partial charge in [-0.15, -0.1) is 0 Å². The van der Waals surface area contributed by atoms with Gasteiger partial charge in [0, 0.05) is 26.8 Å². The molecule has 0 bridgehead atoms. The highest BCUT2D eigenvalue weighted by Gasteiger charge is 2.35. The van der Waals surface area contributed by atoms with Crippen LogP contribution in [0.15, 0.2) is 10.7 Å². The molecule has 1 aromatic rings. The Bertz CT molecular complexity index is 407. The van der Waals surface area contributed by atoms with Gasteiger partial charge in [-0.3, -0.25) is 0 Å². The van der Waals surface area contributed by atoms with Crippen LogP contribution in [0.25, 0.3) is 0 Å². The van der Waals surface area contributed by atoms with Gasteiger partial charge in [0.15, 0.2) is 0 Å². The van der Waals surface area contributed by atoms with Gasteiger partial charge < -0.3 is 24.1 Å². The summed E-state index contributed by atoms with van der Waals surface area (Å²) in [4.78, 5) is 6.59. The first kappa shape index (κ1) is 12.9. The summed E-state index contributed by atoms with van der Waals surface area (Å²) >= 11 is 0. The van der Waals surface area contributed by atoms with E-state index < -0.39 is 0 Å². The Balaban J connectivity index is 1.59. The molecule has 0 radical (unpaired) electrons. The summed E-state index contributed by atoms with van der Waals surface area (Å²) in [7, 11) is 3.42. The number of hydrogen-bond acceptors (Lipinski definition) is 6. The molecule has 2 heterocycles. The lowest BCUT2D eigenvalue weighted by Crippen LogP contribution is -2.27. The fourth-order valence-corrected chi connectivity index (χ4v) is 2.41. The highest BCUT2D eigenvalue weighted by molar-refractivity contribution is 5.30. The van der Waals surface area contributed by atoms with Crippen molar-refractivity contribution in [2.75, 3.05) is 32.2 Å². The van der Waals surface area contributed by atoms with Gasteiger partial charge in [0.25, 0.3) is 6.01 Å². The molecule has 6 nitrogen and oxygen atoms in total. The second-order valence-electron chi connectivity index (χ2n) is 5.23. The minimum atomic E-state index is 0.0740. The Hall–Kier alpha value is -1.11. The lowest BCUT2D eigenvalue weighted by Gasteiger charge is -2.13. The number of nitrogens with one attached hydrogen (secondary N) is 1. The largest absolute Gasteiger partial charge is 0.432 e. The summed E-state index contributed by atoms with van der Waals surface area (Å²) in [5.41, 5.74) is 0.955. The summed E-state index contributed by atoms with van der Waals surface area (Å²) in [5.74, 6) is 0. The maximum Gasteiger partial charge on any atom is 0.297 e. The predicted molar refractivity (Wildman–Crippen MR) is 70.2 cm³/mol. The molecule has 1 saturated heterocycles. The van der Waals surface area contributed by atoms with Gasteiger partial charge in [-0.25, -0.2) is 0 Å². The summed E-state index contributed by atoms with van der Waals surface area (Å²) < 4.78 is 16.4. The number of nitrogens with zero attached hydrogens (tertiary/aromatic N) is 2. The SMILES string of the molecule is COC1CN(c2nc(CNC3CC3)co2)CC1OC. The van der Waals surface area contributed by atoms with Crippen molar-refractivity contribution in [2.45, 2.75) is 37.6 Å². The van der Waals surface area contributed by atoms with Crippen LogP contribution in [-0.4, -0.2) is 50.5 Å². The van der Waals surface area contributed by atoms with E-state index in [0.717, 1.165) is 25.3 Å². The average Bonchev–Trinajstić information content (AvgIpc) is 2.99. The molecule has 1 aliphatic carbocycles. The molecule has 0 amide bonds. The molecule has 3 rings (SSSR count). The Morgan fingerprint density at radius 3 is 2.58 bits per heavy atom. The van der Waals surface area contributed by atoms with E-state index in [9.17, 15) is 0 Å². The number of ether oxygens (including phenoxy) is 2. The van der Waals surface area contributed by atoms with Crippen molar-refractivity contribution >= 4 is 6.01 Å². The second-order valence-corrected chi connectivity index (χ2v) is 5.23. The standard InChI is InChI=1S/C13H21N3O3/c1-17-11-6-16(7-12(11)18-2)13-15-10(8-19-13)5-14-9-3-4-9/h8-9,11-12,14H,3-7H2,1-2H3. The number of rotatable bonds is 6. The van der Waals surface area contributed by atoms with Crippen LogP contribution >= 0.6 is 0 Å². The maximum atomic E-state index is 5.55. The van der Waals surface area contributed by atoms with Gasteiger partial charge in [-0.1, -0.05) is 0 Å². The van der Waals surface area contributed by atoms with E-state index in [1.165, 1.54) is 12.8 Å². The van der Waals surface area contributed by atoms with E-state index in [1.54, 1.807) is 20.5 Å².